The Labute approximate surface area is 204 Å². The number of hydrogen-bond acceptors (Lipinski definition) is 7. The monoisotopic (exact) mass is 493 g/mol. The van der Waals surface area contributed by atoms with Gasteiger partial charge in [0.25, 0.3) is 0 Å². The van der Waals surface area contributed by atoms with Crippen LogP contribution in [0.5, 0.6) is 0 Å². The Kier molecular flexibility index (Phi) is 6.58. The minimum atomic E-state index is -3.22. The lowest BCUT2D eigenvalue weighted by Gasteiger charge is -2.33. The molecule has 0 unspecified atom stereocenters. The van der Waals surface area contributed by atoms with E-state index in [-0.39, 0.29) is 11.8 Å². The number of benzene rings is 1. The van der Waals surface area contributed by atoms with Gasteiger partial charge in [-0.25, -0.2) is 23.1 Å². The van der Waals surface area contributed by atoms with Gasteiger partial charge >= 0.3 is 0 Å². The van der Waals surface area contributed by atoms with Crippen LogP contribution in [0.4, 0.5) is 5.82 Å². The third-order valence-electron chi connectivity index (χ3n) is 6.03. The molecule has 1 aliphatic rings. The molecule has 1 saturated heterocycles. The molecule has 3 aromatic heterocycles. The van der Waals surface area contributed by atoms with Crippen molar-refractivity contribution in [2.45, 2.75) is 32.2 Å². The third kappa shape index (κ3) is 4.82. The van der Waals surface area contributed by atoms with Crippen molar-refractivity contribution in [1.82, 2.24) is 19.7 Å². The zero-order valence-electron chi connectivity index (χ0n) is 19.0. The van der Waals surface area contributed by atoms with Crippen LogP contribution in [0.15, 0.2) is 60.2 Å². The van der Waals surface area contributed by atoms with Crippen molar-refractivity contribution in [3.63, 3.8) is 0 Å². The maximum absolute atomic E-state index is 12.2. The number of hydrogen-bond donors (Lipinski definition) is 1. The fourth-order valence-electron chi connectivity index (χ4n) is 4.40. The molecule has 4 heterocycles. The van der Waals surface area contributed by atoms with E-state index in [1.54, 1.807) is 23.7 Å². The Bertz CT molecular complexity index is 1370. The van der Waals surface area contributed by atoms with E-state index in [0.717, 1.165) is 58.7 Å². The summed E-state index contributed by atoms with van der Waals surface area (Å²) < 4.78 is 27.4. The van der Waals surface area contributed by atoms with E-state index in [0.29, 0.717) is 12.2 Å². The molecule has 0 amide bonds. The Morgan fingerprint density at radius 1 is 1.06 bits per heavy atom. The molecule has 1 aromatic carbocycles. The number of fused-ring (bicyclic) bond motifs is 1. The minimum absolute atomic E-state index is 0.0426. The Hall–Kier alpha value is -2.88. The largest absolute Gasteiger partial charge is 0.356 e. The molecule has 176 valence electrons. The smallest absolute Gasteiger partial charge is 0.211 e. The van der Waals surface area contributed by atoms with Gasteiger partial charge in [0.1, 0.15) is 10.6 Å². The van der Waals surface area contributed by atoms with Gasteiger partial charge in [-0.1, -0.05) is 37.3 Å². The second-order valence-corrected chi connectivity index (χ2v) is 11.2. The van der Waals surface area contributed by atoms with Crippen molar-refractivity contribution in [2.75, 3.05) is 23.7 Å². The van der Waals surface area contributed by atoms with Crippen molar-refractivity contribution >= 4 is 37.4 Å². The van der Waals surface area contributed by atoms with Crippen molar-refractivity contribution in [1.29, 1.82) is 0 Å². The number of nitrogens with zero attached hydrogens (tertiary/aromatic N) is 4. The molecule has 1 fully saturated rings. The van der Waals surface area contributed by atoms with E-state index in [1.165, 1.54) is 0 Å². The van der Waals surface area contributed by atoms with Crippen LogP contribution in [-0.2, 0) is 10.0 Å². The minimum Gasteiger partial charge on any atom is -0.356 e. The topological polar surface area (TPSA) is 88.1 Å². The SMILES string of the molecule is CCCS(=O)(=O)NC1CCN(c2nc(-c3cccnc3)nc3scc(-c4ccccc4)c23)CC1. The molecule has 0 radical (unpaired) electrons. The summed E-state index contributed by atoms with van der Waals surface area (Å²) in [6, 6.07) is 14.1. The van der Waals surface area contributed by atoms with Crippen molar-refractivity contribution in [3.05, 3.63) is 60.2 Å². The molecule has 0 spiro atoms. The molecule has 1 aliphatic heterocycles. The zero-order valence-corrected chi connectivity index (χ0v) is 20.6. The number of thiophene rings is 1. The van der Waals surface area contributed by atoms with Crippen molar-refractivity contribution in [2.24, 2.45) is 0 Å². The van der Waals surface area contributed by atoms with Gasteiger partial charge in [0.2, 0.25) is 10.0 Å². The first kappa shape index (κ1) is 22.9. The van der Waals surface area contributed by atoms with E-state index in [1.807, 2.05) is 37.3 Å². The molecule has 0 aliphatic carbocycles. The summed E-state index contributed by atoms with van der Waals surface area (Å²) in [6.07, 6.45) is 5.62. The second kappa shape index (κ2) is 9.77. The van der Waals surface area contributed by atoms with Gasteiger partial charge in [-0.3, -0.25) is 4.98 Å². The van der Waals surface area contributed by atoms with Gasteiger partial charge < -0.3 is 4.90 Å². The highest BCUT2D eigenvalue weighted by molar-refractivity contribution is 7.89. The maximum Gasteiger partial charge on any atom is 0.211 e. The van der Waals surface area contributed by atoms with E-state index in [2.05, 4.69) is 32.1 Å². The maximum atomic E-state index is 12.2. The van der Waals surface area contributed by atoms with Crippen molar-refractivity contribution in [3.8, 4) is 22.5 Å². The molecular weight excluding hydrogens is 466 g/mol. The fourth-order valence-corrected chi connectivity index (χ4v) is 6.74. The lowest BCUT2D eigenvalue weighted by Crippen LogP contribution is -2.45. The summed E-state index contributed by atoms with van der Waals surface area (Å²) in [5, 5.41) is 3.20. The summed E-state index contributed by atoms with van der Waals surface area (Å²) in [5.41, 5.74) is 3.14. The van der Waals surface area contributed by atoms with Gasteiger partial charge in [-0.15, -0.1) is 11.3 Å². The molecule has 34 heavy (non-hydrogen) atoms. The molecule has 4 aromatic rings. The highest BCUT2D eigenvalue weighted by atomic mass is 32.2. The third-order valence-corrected chi connectivity index (χ3v) is 8.54. The Balaban J connectivity index is 1.52. The fraction of sp³-hybridized carbons (Fsp3) is 0.320. The van der Waals surface area contributed by atoms with Gasteiger partial charge in [-0.2, -0.15) is 0 Å². The van der Waals surface area contributed by atoms with Crippen LogP contribution in [0.25, 0.3) is 32.7 Å². The first-order valence-electron chi connectivity index (χ1n) is 11.5. The highest BCUT2D eigenvalue weighted by Crippen LogP contribution is 2.40. The summed E-state index contributed by atoms with van der Waals surface area (Å²) in [4.78, 5) is 17.4. The second-order valence-electron chi connectivity index (χ2n) is 8.51. The van der Waals surface area contributed by atoms with E-state index < -0.39 is 10.0 Å². The summed E-state index contributed by atoms with van der Waals surface area (Å²) in [7, 11) is -3.22. The molecular formula is C25H27N5O2S2. The van der Waals surface area contributed by atoms with Crippen molar-refractivity contribution < 1.29 is 8.42 Å². The first-order valence-corrected chi connectivity index (χ1v) is 14.1. The molecule has 1 N–H and O–H groups in total. The summed E-state index contributed by atoms with van der Waals surface area (Å²) in [6.45, 7) is 3.33. The van der Waals surface area contributed by atoms with E-state index in [9.17, 15) is 8.42 Å². The number of piperidine rings is 1. The van der Waals surface area contributed by atoms with Crippen LogP contribution in [-0.4, -0.2) is 48.3 Å². The van der Waals surface area contributed by atoms with Crippen LogP contribution < -0.4 is 9.62 Å². The molecule has 0 saturated carbocycles. The zero-order chi connectivity index (χ0) is 23.5. The highest BCUT2D eigenvalue weighted by Gasteiger charge is 2.27. The average molecular weight is 494 g/mol. The van der Waals surface area contributed by atoms with Crippen LogP contribution in [0.2, 0.25) is 0 Å². The van der Waals surface area contributed by atoms with Crippen LogP contribution in [0.3, 0.4) is 0 Å². The summed E-state index contributed by atoms with van der Waals surface area (Å²) in [5.74, 6) is 1.73. The predicted molar refractivity (Wildman–Crippen MR) is 139 cm³/mol. The molecule has 0 atom stereocenters. The lowest BCUT2D eigenvalue weighted by atomic mass is 10.0. The Morgan fingerprint density at radius 3 is 2.53 bits per heavy atom. The number of anilines is 1. The predicted octanol–water partition coefficient (Wildman–Crippen LogP) is 4.72. The molecule has 0 bridgehead atoms. The summed E-state index contributed by atoms with van der Waals surface area (Å²) >= 11 is 1.62. The van der Waals surface area contributed by atoms with Crippen LogP contribution >= 0.6 is 11.3 Å². The van der Waals surface area contributed by atoms with E-state index >= 15 is 0 Å². The number of rotatable bonds is 7. The number of nitrogens with one attached hydrogen (secondary N) is 1. The lowest BCUT2D eigenvalue weighted by molar-refractivity contribution is 0.459. The normalized spacial score (nSPS) is 15.1. The van der Waals surface area contributed by atoms with Gasteiger partial charge in [-0.05, 0) is 37.0 Å². The Morgan fingerprint density at radius 2 is 1.82 bits per heavy atom. The van der Waals surface area contributed by atoms with Gasteiger partial charge in [0.15, 0.2) is 5.82 Å². The van der Waals surface area contributed by atoms with Crippen LogP contribution in [0.1, 0.15) is 26.2 Å². The number of aromatic nitrogens is 3. The number of pyridine rings is 1. The molecule has 5 rings (SSSR count). The standard InChI is InChI=1S/C25H27N5O2S2/c1-2-15-34(31,32)29-20-10-13-30(14-11-20)24-22-21(18-7-4-3-5-8-18)17-33-25(22)28-23(27-24)19-9-6-12-26-16-19/h3-9,12,16-17,20,29H,2,10-11,13-15H2,1H3. The van der Waals surface area contributed by atoms with Crippen LogP contribution in [0, 0.1) is 0 Å². The number of sulfonamides is 1. The average Bonchev–Trinajstić information content (AvgIpc) is 3.29. The quantitative estimate of drug-likeness (QED) is 0.401. The molecule has 9 heteroatoms. The molecule has 7 nitrogen and oxygen atoms in total. The first-order chi connectivity index (χ1) is 16.5. The van der Waals surface area contributed by atoms with E-state index in [4.69, 9.17) is 9.97 Å². The van der Waals surface area contributed by atoms with Gasteiger partial charge in [0, 0.05) is 48.0 Å². The van der Waals surface area contributed by atoms with Gasteiger partial charge in [0.05, 0.1) is 11.1 Å².